The van der Waals surface area contributed by atoms with Gasteiger partial charge in [0, 0.05) is 24.3 Å². The third kappa shape index (κ3) is 110. The van der Waals surface area contributed by atoms with Crippen LogP contribution in [0.2, 0.25) is 0 Å². The smallest absolute Gasteiger partial charge is 0.327 e. The molecule has 0 radical (unpaired) electrons. The molecule has 0 aliphatic heterocycles. The molecule has 0 aliphatic carbocycles. The molecule has 14 nitrogen and oxygen atoms in total. The van der Waals surface area contributed by atoms with Gasteiger partial charge in [0.2, 0.25) is 0 Å². The average Bonchev–Trinajstić information content (AvgIpc) is 2.79. The van der Waals surface area contributed by atoms with Crippen molar-refractivity contribution in [1.82, 2.24) is 0 Å². The van der Waals surface area contributed by atoms with Crippen LogP contribution in [0.5, 0.6) is 0 Å². The number of carboxylic acid groups (broad SMARTS) is 4. The average molecular weight is 472 g/mol. The molecule has 0 fully saturated rings. The molecule has 0 saturated carbocycles. The Balaban J connectivity index is -0.0000000635. The molecule has 32 heavy (non-hydrogen) atoms. The van der Waals surface area contributed by atoms with Gasteiger partial charge in [0.1, 0.15) is 12.2 Å². The highest BCUT2D eigenvalue weighted by atomic mass is 16.4. The number of carbonyl (C=O) groups is 4. The third-order valence-electron chi connectivity index (χ3n) is 1.54. The number of aliphatic carboxylic acids is 4. The van der Waals surface area contributed by atoms with E-state index in [0.717, 1.165) is 24.3 Å². The highest BCUT2D eigenvalue weighted by molar-refractivity contribution is 5.79. The van der Waals surface area contributed by atoms with Crippen LogP contribution in [0.3, 0.4) is 0 Å². The second kappa shape index (κ2) is 38.2. The maximum Gasteiger partial charge on any atom is 0.327 e. The third-order valence-corrected chi connectivity index (χ3v) is 1.54. The summed E-state index contributed by atoms with van der Waals surface area (Å²) in [5, 5.41) is 78.4. The molecular formula is C18H32O14. The van der Waals surface area contributed by atoms with E-state index < -0.39 is 36.1 Å². The van der Waals surface area contributed by atoms with Gasteiger partial charge in [-0.25, -0.2) is 19.2 Å². The maximum absolute atomic E-state index is 9.25. The summed E-state index contributed by atoms with van der Waals surface area (Å²) in [7, 11) is 0. The highest BCUT2D eigenvalue weighted by Gasteiger charge is 1.94. The van der Waals surface area contributed by atoms with Crippen molar-refractivity contribution >= 4 is 23.9 Å². The monoisotopic (exact) mass is 472 g/mol. The van der Waals surface area contributed by atoms with Gasteiger partial charge in [-0.1, -0.05) is 26.3 Å². The molecule has 0 aromatic carbocycles. The first kappa shape index (κ1) is 42.7. The summed E-state index contributed by atoms with van der Waals surface area (Å²) in [6.45, 7) is 10.4. The highest BCUT2D eigenvalue weighted by Crippen LogP contribution is 1.72. The molecule has 188 valence electrons. The molecule has 0 rings (SSSR count). The van der Waals surface area contributed by atoms with Crippen LogP contribution in [0.15, 0.2) is 50.6 Å². The van der Waals surface area contributed by atoms with Crippen molar-refractivity contribution in [2.75, 3.05) is 26.4 Å². The van der Waals surface area contributed by atoms with Crippen molar-refractivity contribution < 1.29 is 70.2 Å². The zero-order valence-corrected chi connectivity index (χ0v) is 17.2. The Morgan fingerprint density at radius 2 is 0.594 bits per heavy atom. The van der Waals surface area contributed by atoms with Crippen LogP contribution >= 0.6 is 0 Å². The van der Waals surface area contributed by atoms with Gasteiger partial charge in [0.05, 0.1) is 26.4 Å². The van der Waals surface area contributed by atoms with Gasteiger partial charge in [-0.05, 0) is 0 Å². The first-order chi connectivity index (χ1) is 14.7. The van der Waals surface area contributed by atoms with Crippen LogP contribution < -0.4 is 0 Å². The van der Waals surface area contributed by atoms with Crippen molar-refractivity contribution in [1.29, 1.82) is 0 Å². The Kier molecular flexibility index (Phi) is 51.0. The number of rotatable bonds is 8. The fourth-order valence-electron chi connectivity index (χ4n) is 0.115. The van der Waals surface area contributed by atoms with E-state index in [2.05, 4.69) is 26.3 Å². The molecule has 0 bridgehead atoms. The summed E-state index contributed by atoms with van der Waals surface area (Å²) in [4.78, 5) is 37.0. The number of carboxylic acids is 4. The van der Waals surface area contributed by atoms with E-state index in [1.54, 1.807) is 0 Å². The molecule has 0 amide bonds. The second-order valence-corrected chi connectivity index (χ2v) is 4.21. The van der Waals surface area contributed by atoms with Crippen molar-refractivity contribution in [2.24, 2.45) is 0 Å². The molecule has 0 heterocycles. The van der Waals surface area contributed by atoms with Crippen LogP contribution in [0.1, 0.15) is 0 Å². The molecular weight excluding hydrogens is 440 g/mol. The Bertz CT molecular complexity index is 426. The number of hydrogen-bond acceptors (Lipinski definition) is 10. The Labute approximate surface area is 184 Å². The Morgan fingerprint density at radius 1 is 0.500 bits per heavy atom. The lowest BCUT2D eigenvalue weighted by Crippen LogP contribution is -2.15. The lowest BCUT2D eigenvalue weighted by molar-refractivity contribution is -0.132. The minimum absolute atomic E-state index is 0.365. The predicted octanol–water partition coefficient (Wildman–Crippen LogP) is -2.31. The van der Waals surface area contributed by atoms with Gasteiger partial charge in [0.25, 0.3) is 0 Å². The van der Waals surface area contributed by atoms with Gasteiger partial charge in [0.15, 0.2) is 0 Å². The summed E-state index contributed by atoms with van der Waals surface area (Å²) in [5.74, 6) is -3.93. The van der Waals surface area contributed by atoms with Gasteiger partial charge in [-0.2, -0.15) is 0 Å². The molecule has 0 saturated heterocycles. The molecule has 14 heteroatoms. The van der Waals surface area contributed by atoms with Crippen LogP contribution in [0.4, 0.5) is 0 Å². The van der Waals surface area contributed by atoms with Crippen LogP contribution in [0.25, 0.3) is 0 Å². The first-order valence-corrected chi connectivity index (χ1v) is 7.91. The van der Waals surface area contributed by atoms with Gasteiger partial charge in [-0.3, -0.25) is 0 Å². The van der Waals surface area contributed by atoms with Crippen molar-refractivity contribution in [3.05, 3.63) is 50.6 Å². The van der Waals surface area contributed by atoms with E-state index in [9.17, 15) is 19.2 Å². The Morgan fingerprint density at radius 3 is 0.594 bits per heavy atom. The first-order valence-electron chi connectivity index (χ1n) is 7.91. The minimum atomic E-state index is -0.981. The number of aliphatic hydroxyl groups is 6. The van der Waals surface area contributed by atoms with Gasteiger partial charge in [-0.15, -0.1) is 0 Å². The lowest BCUT2D eigenvalue weighted by Gasteiger charge is -1.96. The van der Waals surface area contributed by atoms with E-state index in [4.69, 9.17) is 51.1 Å². The quantitative estimate of drug-likeness (QED) is 0.166. The summed E-state index contributed by atoms with van der Waals surface area (Å²) < 4.78 is 0. The summed E-state index contributed by atoms with van der Waals surface area (Å²) in [5.41, 5.74) is 0. The maximum atomic E-state index is 9.25. The van der Waals surface area contributed by atoms with Crippen LogP contribution in [0, 0.1) is 0 Å². The fraction of sp³-hybridized carbons (Fsp3) is 0.333. The second-order valence-electron chi connectivity index (χ2n) is 4.21. The van der Waals surface area contributed by atoms with Crippen molar-refractivity contribution in [3.8, 4) is 0 Å². The summed E-state index contributed by atoms with van der Waals surface area (Å²) in [6.07, 6.45) is 1.43. The molecule has 0 unspecified atom stereocenters. The Hall–Kier alpha value is -3.40. The van der Waals surface area contributed by atoms with Crippen LogP contribution in [-0.4, -0.2) is 114 Å². The zero-order chi connectivity index (χ0) is 27.1. The van der Waals surface area contributed by atoms with Gasteiger partial charge < -0.3 is 51.1 Å². The SMILES string of the molecule is C=CC(=O)O.C=CC(=O)O.C=CC(=O)O.C=CC(=O)O.OCC(O)CO.OCC(O)CO. The summed E-state index contributed by atoms with van der Waals surface area (Å²) >= 11 is 0. The topological polar surface area (TPSA) is 271 Å². The molecule has 0 atom stereocenters. The lowest BCUT2D eigenvalue weighted by atomic mass is 10.4. The fourth-order valence-corrected chi connectivity index (χ4v) is 0.115. The van der Waals surface area contributed by atoms with E-state index in [1.165, 1.54) is 0 Å². The van der Waals surface area contributed by atoms with E-state index in [1.807, 2.05) is 0 Å². The summed E-state index contributed by atoms with van der Waals surface area (Å²) in [6, 6.07) is 0. The van der Waals surface area contributed by atoms with Crippen molar-refractivity contribution in [2.45, 2.75) is 12.2 Å². The molecule has 0 spiro atoms. The molecule has 10 N–H and O–H groups in total. The van der Waals surface area contributed by atoms with Crippen molar-refractivity contribution in [3.63, 3.8) is 0 Å². The largest absolute Gasteiger partial charge is 0.478 e. The van der Waals surface area contributed by atoms with Crippen LogP contribution in [-0.2, 0) is 19.2 Å². The molecule has 0 aromatic heterocycles. The van der Waals surface area contributed by atoms with E-state index in [-0.39, 0.29) is 26.4 Å². The molecule has 0 aliphatic rings. The zero-order valence-electron chi connectivity index (χ0n) is 17.2. The predicted molar refractivity (Wildman–Crippen MR) is 112 cm³/mol. The molecule has 0 aromatic rings. The normalized spacial score (nSPS) is 7.75. The minimum Gasteiger partial charge on any atom is -0.478 e. The number of hydrogen-bond donors (Lipinski definition) is 10. The number of aliphatic hydroxyl groups excluding tert-OH is 6. The standard InChI is InChI=1S/2C3H8O3.4C3H4O2/c2*4-1-3(6)2-5;4*1-2-3(4)5/h2*3-6H,1-2H2;4*2H,1H2,(H,4,5). The van der Waals surface area contributed by atoms with E-state index in [0.29, 0.717) is 0 Å². The van der Waals surface area contributed by atoms with Gasteiger partial charge >= 0.3 is 23.9 Å². The van der Waals surface area contributed by atoms with E-state index >= 15 is 0 Å².